The van der Waals surface area contributed by atoms with Crippen molar-refractivity contribution in [2.75, 3.05) is 27.0 Å². The zero-order valence-electron chi connectivity index (χ0n) is 14.0. The first-order chi connectivity index (χ1) is 11.6. The van der Waals surface area contributed by atoms with E-state index in [1.54, 1.807) is 0 Å². The minimum atomic E-state index is -0.262. The molecule has 0 saturated carbocycles. The predicted molar refractivity (Wildman–Crippen MR) is 89.7 cm³/mol. The van der Waals surface area contributed by atoms with E-state index in [2.05, 4.69) is 4.90 Å². The number of fused-ring (bicyclic) bond motifs is 1. The second-order valence-corrected chi connectivity index (χ2v) is 6.06. The van der Waals surface area contributed by atoms with Crippen LogP contribution in [0.25, 0.3) is 0 Å². The third-order valence-corrected chi connectivity index (χ3v) is 3.95. The van der Waals surface area contributed by atoms with Crippen molar-refractivity contribution in [2.45, 2.75) is 20.1 Å². The molecule has 24 heavy (non-hydrogen) atoms. The topological polar surface area (TPSA) is 30.9 Å². The van der Waals surface area contributed by atoms with Crippen molar-refractivity contribution < 1.29 is 18.6 Å². The first-order valence-electron chi connectivity index (χ1n) is 8.01. The molecule has 0 spiro atoms. The molecule has 0 bridgehead atoms. The monoisotopic (exact) mass is 331 g/mol. The van der Waals surface area contributed by atoms with Gasteiger partial charge in [-0.25, -0.2) is 4.39 Å². The van der Waals surface area contributed by atoms with E-state index in [9.17, 15) is 4.39 Å². The Kier molecular flexibility index (Phi) is 5.33. The summed E-state index contributed by atoms with van der Waals surface area (Å²) in [6, 6.07) is 11.0. The predicted octanol–water partition coefficient (Wildman–Crippen LogP) is 3.51. The maximum absolute atomic E-state index is 13.8. The van der Waals surface area contributed by atoms with Crippen molar-refractivity contribution >= 4 is 0 Å². The molecule has 0 aromatic heterocycles. The van der Waals surface area contributed by atoms with Gasteiger partial charge in [-0.15, -0.1) is 0 Å². The van der Waals surface area contributed by atoms with Crippen molar-refractivity contribution in [3.05, 3.63) is 58.9 Å². The molecule has 4 nitrogen and oxygen atoms in total. The lowest BCUT2D eigenvalue weighted by molar-refractivity contribution is -0.0176. The van der Waals surface area contributed by atoms with Gasteiger partial charge in [-0.05, 0) is 38.2 Å². The zero-order valence-corrected chi connectivity index (χ0v) is 14.0. The summed E-state index contributed by atoms with van der Waals surface area (Å²) in [7, 11) is 1.98. The van der Waals surface area contributed by atoms with Crippen LogP contribution in [0.3, 0.4) is 0 Å². The summed E-state index contributed by atoms with van der Waals surface area (Å²) < 4.78 is 30.3. The molecular weight excluding hydrogens is 309 g/mol. The minimum Gasteiger partial charge on any atom is -0.492 e. The summed E-state index contributed by atoms with van der Waals surface area (Å²) in [5, 5.41) is 0. The summed E-state index contributed by atoms with van der Waals surface area (Å²) in [6.07, 6.45) is 0. The molecule has 1 aliphatic rings. The minimum absolute atomic E-state index is 0.214. The van der Waals surface area contributed by atoms with Gasteiger partial charge in [0.05, 0.1) is 6.61 Å². The summed E-state index contributed by atoms with van der Waals surface area (Å²) in [5.41, 5.74) is 2.81. The smallest absolute Gasteiger partial charge is 0.189 e. The molecule has 0 atom stereocenters. The summed E-state index contributed by atoms with van der Waals surface area (Å²) in [4.78, 5) is 2.09. The van der Waals surface area contributed by atoms with Crippen molar-refractivity contribution in [1.29, 1.82) is 0 Å². The number of rotatable bonds is 6. The maximum Gasteiger partial charge on any atom is 0.189 e. The summed E-state index contributed by atoms with van der Waals surface area (Å²) in [5.74, 6) is 1.34. The van der Waals surface area contributed by atoms with E-state index < -0.39 is 0 Å². The molecule has 0 unspecified atom stereocenters. The lowest BCUT2D eigenvalue weighted by Gasteiger charge is -2.23. The first-order valence-corrected chi connectivity index (χ1v) is 8.01. The van der Waals surface area contributed by atoms with Gasteiger partial charge in [0, 0.05) is 24.2 Å². The Labute approximate surface area is 141 Å². The second-order valence-electron chi connectivity index (χ2n) is 6.06. The molecule has 0 fully saturated rings. The van der Waals surface area contributed by atoms with Gasteiger partial charge in [0.25, 0.3) is 0 Å². The Balaban J connectivity index is 1.56. The van der Waals surface area contributed by atoms with Crippen LogP contribution in [0, 0.1) is 12.7 Å². The van der Waals surface area contributed by atoms with Crippen molar-refractivity contribution in [2.24, 2.45) is 0 Å². The number of likely N-dealkylation sites (N-methyl/N-ethyl adjacent to an activating group) is 1. The van der Waals surface area contributed by atoms with Crippen LogP contribution in [0.4, 0.5) is 4.39 Å². The molecule has 2 aromatic rings. The fourth-order valence-corrected chi connectivity index (χ4v) is 2.70. The molecule has 0 aliphatic carbocycles. The van der Waals surface area contributed by atoms with Crippen molar-refractivity contribution in [3.63, 3.8) is 0 Å². The molecule has 0 saturated heterocycles. The Bertz CT molecular complexity index is 688. The SMILES string of the molecule is Cc1ccc(OCCN(C)Cc2cc(F)cc3c2OCOC3)cc1. The van der Waals surface area contributed by atoms with Crippen LogP contribution in [-0.4, -0.2) is 31.9 Å². The zero-order chi connectivity index (χ0) is 16.9. The highest BCUT2D eigenvalue weighted by molar-refractivity contribution is 5.42. The van der Waals surface area contributed by atoms with Gasteiger partial charge in [0.15, 0.2) is 6.79 Å². The van der Waals surface area contributed by atoms with Gasteiger partial charge in [0.1, 0.15) is 23.9 Å². The van der Waals surface area contributed by atoms with E-state index in [1.165, 1.54) is 17.7 Å². The van der Waals surface area contributed by atoms with Crippen LogP contribution in [0.2, 0.25) is 0 Å². The molecule has 0 radical (unpaired) electrons. The Morgan fingerprint density at radius 1 is 1.21 bits per heavy atom. The van der Waals surface area contributed by atoms with Gasteiger partial charge in [-0.2, -0.15) is 0 Å². The van der Waals surface area contributed by atoms with E-state index in [0.717, 1.165) is 29.2 Å². The number of aryl methyl sites for hydroxylation is 1. The van der Waals surface area contributed by atoms with Crippen LogP contribution in [0.15, 0.2) is 36.4 Å². The van der Waals surface area contributed by atoms with Gasteiger partial charge < -0.3 is 14.2 Å². The Hall–Kier alpha value is -2.11. The first kappa shape index (κ1) is 16.7. The van der Waals surface area contributed by atoms with Crippen molar-refractivity contribution in [3.8, 4) is 11.5 Å². The van der Waals surface area contributed by atoms with Gasteiger partial charge in [0.2, 0.25) is 0 Å². The molecule has 2 aromatic carbocycles. The Morgan fingerprint density at radius 2 is 2.00 bits per heavy atom. The van der Waals surface area contributed by atoms with Gasteiger partial charge in [-0.3, -0.25) is 4.90 Å². The Morgan fingerprint density at radius 3 is 2.79 bits per heavy atom. The molecule has 0 N–H and O–H groups in total. The molecule has 1 heterocycles. The van der Waals surface area contributed by atoms with Gasteiger partial charge >= 0.3 is 0 Å². The number of ether oxygens (including phenoxy) is 3. The largest absolute Gasteiger partial charge is 0.492 e. The third kappa shape index (κ3) is 4.24. The van der Waals surface area contributed by atoms with E-state index >= 15 is 0 Å². The van der Waals surface area contributed by atoms with E-state index in [4.69, 9.17) is 14.2 Å². The van der Waals surface area contributed by atoms with Gasteiger partial charge in [-0.1, -0.05) is 17.7 Å². The highest BCUT2D eigenvalue weighted by Gasteiger charge is 2.17. The lowest BCUT2D eigenvalue weighted by atomic mass is 10.1. The lowest BCUT2D eigenvalue weighted by Crippen LogP contribution is -2.25. The number of hydrogen-bond donors (Lipinski definition) is 0. The molecule has 3 rings (SSSR count). The standard InChI is InChI=1S/C19H22FNO3/c1-14-3-5-18(6-4-14)23-8-7-21(2)11-15-9-17(20)10-16-12-22-13-24-19(15)16/h3-6,9-10H,7-8,11-13H2,1-2H3. The molecule has 128 valence electrons. The second kappa shape index (κ2) is 7.64. The fourth-order valence-electron chi connectivity index (χ4n) is 2.70. The van der Waals surface area contributed by atoms with Crippen molar-refractivity contribution in [1.82, 2.24) is 4.90 Å². The molecular formula is C19H22FNO3. The quantitative estimate of drug-likeness (QED) is 0.810. The number of halogens is 1. The molecule has 0 amide bonds. The van der Waals surface area contributed by atoms with Crippen LogP contribution in [0.5, 0.6) is 11.5 Å². The highest BCUT2D eigenvalue weighted by atomic mass is 19.1. The fraction of sp³-hybridized carbons (Fsp3) is 0.368. The van der Waals surface area contributed by atoms with Crippen LogP contribution >= 0.6 is 0 Å². The molecule has 5 heteroatoms. The average Bonchev–Trinajstić information content (AvgIpc) is 2.56. The van der Waals surface area contributed by atoms with E-state index in [-0.39, 0.29) is 12.6 Å². The summed E-state index contributed by atoms with van der Waals surface area (Å²) in [6.45, 7) is 4.55. The number of nitrogens with zero attached hydrogens (tertiary/aromatic N) is 1. The maximum atomic E-state index is 13.8. The van der Waals surface area contributed by atoms with E-state index in [1.807, 2.05) is 38.2 Å². The third-order valence-electron chi connectivity index (χ3n) is 3.95. The average molecular weight is 331 g/mol. The van der Waals surface area contributed by atoms with Crippen LogP contribution in [-0.2, 0) is 17.9 Å². The van der Waals surface area contributed by atoms with Crippen LogP contribution in [0.1, 0.15) is 16.7 Å². The normalized spacial score (nSPS) is 13.5. The molecule has 1 aliphatic heterocycles. The highest BCUT2D eigenvalue weighted by Crippen LogP contribution is 2.30. The van der Waals surface area contributed by atoms with Crippen LogP contribution < -0.4 is 9.47 Å². The summed E-state index contributed by atoms with van der Waals surface area (Å²) >= 11 is 0. The number of hydrogen-bond acceptors (Lipinski definition) is 4. The number of benzene rings is 2. The van der Waals surface area contributed by atoms with E-state index in [0.29, 0.717) is 19.8 Å².